The van der Waals surface area contributed by atoms with E-state index in [0.29, 0.717) is 30.8 Å². The maximum atomic E-state index is 13.8. The van der Waals surface area contributed by atoms with Gasteiger partial charge in [-0.2, -0.15) is 0 Å². The minimum absolute atomic E-state index is 0.0924. The minimum Gasteiger partial charge on any atom is -0.378 e. The predicted molar refractivity (Wildman–Crippen MR) is 157 cm³/mol. The molecule has 0 saturated carbocycles. The highest BCUT2D eigenvalue weighted by Crippen LogP contribution is 2.43. The van der Waals surface area contributed by atoms with Crippen molar-refractivity contribution in [1.82, 2.24) is 15.1 Å². The molecule has 4 aliphatic heterocycles. The van der Waals surface area contributed by atoms with E-state index < -0.39 is 0 Å². The number of nitrogens with zero attached hydrogens (tertiary/aromatic N) is 3. The van der Waals surface area contributed by atoms with Crippen LogP contribution in [0.1, 0.15) is 60.9 Å². The summed E-state index contributed by atoms with van der Waals surface area (Å²) in [6.45, 7) is 7.19. The number of morpholine rings is 1. The van der Waals surface area contributed by atoms with E-state index in [-0.39, 0.29) is 17.9 Å². The van der Waals surface area contributed by atoms with Crippen LogP contribution < -0.4 is 10.2 Å². The van der Waals surface area contributed by atoms with E-state index in [2.05, 4.69) is 44.3 Å². The minimum atomic E-state index is 0.0924. The van der Waals surface area contributed by atoms with Gasteiger partial charge in [0.05, 0.1) is 13.2 Å². The number of nitrogens with one attached hydrogen (secondary N) is 1. The number of carbonyl (C=O) groups is 2. The van der Waals surface area contributed by atoms with Crippen LogP contribution in [0.15, 0.2) is 54.6 Å². The number of benzene rings is 2. The maximum absolute atomic E-state index is 13.8. The molecular weight excluding hydrogens is 500 g/mol. The number of piperidine rings is 3. The predicted octanol–water partition coefficient (Wildman–Crippen LogP) is 4.32. The second kappa shape index (κ2) is 12.7. The number of ether oxygens (including phenoxy) is 1. The fourth-order valence-electron chi connectivity index (χ4n) is 7.75. The van der Waals surface area contributed by atoms with Gasteiger partial charge in [-0.3, -0.25) is 14.5 Å². The second-order valence-corrected chi connectivity index (χ2v) is 12.1. The zero-order valence-corrected chi connectivity index (χ0v) is 23.7. The average molecular weight is 545 g/mol. The van der Waals surface area contributed by atoms with Crippen molar-refractivity contribution in [3.05, 3.63) is 65.7 Å². The van der Waals surface area contributed by atoms with E-state index in [4.69, 9.17) is 4.74 Å². The van der Waals surface area contributed by atoms with Crippen molar-refractivity contribution in [2.75, 3.05) is 50.8 Å². The summed E-state index contributed by atoms with van der Waals surface area (Å²) in [6, 6.07) is 19.1. The molecule has 2 aromatic rings. The zero-order chi connectivity index (χ0) is 27.3. The van der Waals surface area contributed by atoms with Crippen LogP contribution in [-0.4, -0.2) is 79.6 Å². The number of rotatable bonds is 8. The first-order valence-corrected chi connectivity index (χ1v) is 15.5. The third-order valence-corrected chi connectivity index (χ3v) is 9.66. The Morgan fingerprint density at radius 2 is 1.65 bits per heavy atom. The van der Waals surface area contributed by atoms with Crippen LogP contribution >= 0.6 is 0 Å². The first-order valence-electron chi connectivity index (χ1n) is 15.5. The lowest BCUT2D eigenvalue weighted by molar-refractivity contribution is -0.121. The fraction of sp³-hybridized carbons (Fsp3) is 0.576. The van der Waals surface area contributed by atoms with Crippen molar-refractivity contribution in [2.24, 2.45) is 11.8 Å². The summed E-state index contributed by atoms with van der Waals surface area (Å²) in [4.78, 5) is 33.8. The first kappa shape index (κ1) is 27.3. The normalized spacial score (nSPS) is 26.7. The van der Waals surface area contributed by atoms with Gasteiger partial charge in [-0.25, -0.2) is 0 Å². The molecule has 4 aliphatic rings. The van der Waals surface area contributed by atoms with E-state index in [1.807, 2.05) is 30.3 Å². The SMILES string of the molecule is O=C(CCC[C@@H]1[C@H]2CCCN3CCC[C@@H](CN1C(=O)c1ccccc1)[C@@H]23)NCc1ccc(N2CCOCC2)cc1. The van der Waals surface area contributed by atoms with Crippen molar-refractivity contribution in [3.8, 4) is 0 Å². The molecule has 0 bridgehead atoms. The lowest BCUT2D eigenvalue weighted by atomic mass is 9.69. The van der Waals surface area contributed by atoms with Crippen LogP contribution in [0.2, 0.25) is 0 Å². The smallest absolute Gasteiger partial charge is 0.254 e. The number of anilines is 1. The van der Waals surface area contributed by atoms with Gasteiger partial charge in [0, 0.05) is 55.9 Å². The molecule has 2 amide bonds. The Morgan fingerprint density at radius 1 is 0.900 bits per heavy atom. The fourth-order valence-corrected chi connectivity index (χ4v) is 7.75. The molecule has 40 heavy (non-hydrogen) atoms. The molecule has 0 spiro atoms. The standard InChI is InChI=1S/C33H44N4O3/c38-31(34-23-25-13-15-28(16-14-25)35-19-21-40-22-20-35)12-4-11-30-29-10-6-18-36-17-5-9-27(32(29)36)24-37(30)33(39)26-7-2-1-3-8-26/h1-3,7-8,13-16,27,29-30,32H,4-6,9-12,17-24H2,(H,34,38)/t27-,29+,30+,32-/m0/s1. The van der Waals surface area contributed by atoms with Gasteiger partial charge >= 0.3 is 0 Å². The molecule has 214 valence electrons. The maximum Gasteiger partial charge on any atom is 0.254 e. The summed E-state index contributed by atoms with van der Waals surface area (Å²) in [7, 11) is 0. The Kier molecular flexibility index (Phi) is 8.68. The Balaban J connectivity index is 1.05. The van der Waals surface area contributed by atoms with E-state index in [1.54, 1.807) is 0 Å². The molecule has 4 saturated heterocycles. The van der Waals surface area contributed by atoms with Crippen molar-refractivity contribution in [1.29, 1.82) is 0 Å². The highest BCUT2D eigenvalue weighted by Gasteiger charge is 2.49. The van der Waals surface area contributed by atoms with Crippen LogP contribution in [-0.2, 0) is 16.1 Å². The largest absolute Gasteiger partial charge is 0.378 e. The molecule has 4 fully saturated rings. The van der Waals surface area contributed by atoms with Crippen molar-refractivity contribution in [2.45, 2.75) is 63.6 Å². The summed E-state index contributed by atoms with van der Waals surface area (Å²) < 4.78 is 5.45. The van der Waals surface area contributed by atoms with Crippen LogP contribution in [0.4, 0.5) is 5.69 Å². The quantitative estimate of drug-likeness (QED) is 0.536. The topological polar surface area (TPSA) is 65.1 Å². The lowest BCUT2D eigenvalue weighted by Crippen LogP contribution is -2.65. The third kappa shape index (κ3) is 6.06. The van der Waals surface area contributed by atoms with Crippen molar-refractivity contribution in [3.63, 3.8) is 0 Å². The van der Waals surface area contributed by atoms with E-state index in [1.165, 1.54) is 44.5 Å². The Bertz CT molecular complexity index is 1130. The van der Waals surface area contributed by atoms with Gasteiger partial charge in [0.2, 0.25) is 5.91 Å². The van der Waals surface area contributed by atoms with E-state index in [9.17, 15) is 9.59 Å². The molecule has 7 nitrogen and oxygen atoms in total. The first-order chi connectivity index (χ1) is 19.7. The summed E-state index contributed by atoms with van der Waals surface area (Å²) in [6.07, 6.45) is 7.05. The summed E-state index contributed by atoms with van der Waals surface area (Å²) in [5.74, 6) is 1.33. The summed E-state index contributed by atoms with van der Waals surface area (Å²) in [5, 5.41) is 3.12. The molecular formula is C33H44N4O3. The highest BCUT2D eigenvalue weighted by molar-refractivity contribution is 5.94. The second-order valence-electron chi connectivity index (χ2n) is 12.1. The van der Waals surface area contributed by atoms with E-state index >= 15 is 0 Å². The summed E-state index contributed by atoms with van der Waals surface area (Å²) in [5.41, 5.74) is 3.11. The number of hydrogen-bond donors (Lipinski definition) is 1. The molecule has 4 atom stereocenters. The van der Waals surface area contributed by atoms with E-state index in [0.717, 1.165) is 56.8 Å². The number of hydrogen-bond acceptors (Lipinski definition) is 5. The molecule has 7 heteroatoms. The summed E-state index contributed by atoms with van der Waals surface area (Å²) >= 11 is 0. The average Bonchev–Trinajstić information content (AvgIpc) is 3.02. The Morgan fingerprint density at radius 3 is 2.42 bits per heavy atom. The third-order valence-electron chi connectivity index (χ3n) is 9.66. The van der Waals surface area contributed by atoms with Crippen LogP contribution in [0, 0.1) is 11.8 Å². The monoisotopic (exact) mass is 544 g/mol. The van der Waals surface area contributed by atoms with Gasteiger partial charge < -0.3 is 19.9 Å². The van der Waals surface area contributed by atoms with Gasteiger partial charge in [0.25, 0.3) is 5.91 Å². The molecule has 0 unspecified atom stereocenters. The Hall–Kier alpha value is -2.90. The zero-order valence-electron chi connectivity index (χ0n) is 23.7. The van der Waals surface area contributed by atoms with Gasteiger partial charge in [0.15, 0.2) is 0 Å². The Labute approximate surface area is 238 Å². The lowest BCUT2D eigenvalue weighted by Gasteiger charge is -2.57. The molecule has 4 heterocycles. The molecule has 1 N–H and O–H groups in total. The van der Waals surface area contributed by atoms with Crippen molar-refractivity contribution >= 4 is 17.5 Å². The molecule has 0 aromatic heterocycles. The highest BCUT2D eigenvalue weighted by atomic mass is 16.5. The van der Waals surface area contributed by atoms with Crippen molar-refractivity contribution < 1.29 is 14.3 Å². The number of carbonyl (C=O) groups excluding carboxylic acids is 2. The van der Waals surface area contributed by atoms with Gasteiger partial charge in [0.1, 0.15) is 0 Å². The molecule has 0 aliphatic carbocycles. The van der Waals surface area contributed by atoms with Gasteiger partial charge in [-0.1, -0.05) is 30.3 Å². The molecule has 2 aromatic carbocycles. The van der Waals surface area contributed by atoms with Gasteiger partial charge in [-0.05, 0) is 93.3 Å². The van der Waals surface area contributed by atoms with Crippen LogP contribution in [0.5, 0.6) is 0 Å². The van der Waals surface area contributed by atoms with Crippen LogP contribution in [0.25, 0.3) is 0 Å². The number of likely N-dealkylation sites (tertiary alicyclic amines) is 1. The molecule has 6 rings (SSSR count). The number of amides is 2. The molecule has 0 radical (unpaired) electrons. The van der Waals surface area contributed by atoms with Crippen LogP contribution in [0.3, 0.4) is 0 Å². The van der Waals surface area contributed by atoms with Gasteiger partial charge in [-0.15, -0.1) is 0 Å².